The Morgan fingerprint density at radius 3 is 2.30 bits per heavy atom. The van der Waals surface area contributed by atoms with E-state index in [1.165, 1.54) is 48.2 Å². The first-order chi connectivity index (χ1) is 17.3. The normalized spacial score (nSPS) is 14.4. The number of rotatable bonds is 6. The molecule has 1 aromatic heterocycles. The highest BCUT2D eigenvalue weighted by molar-refractivity contribution is 6.01. The maximum atomic E-state index is 13.8. The van der Waals surface area contributed by atoms with Crippen LogP contribution >= 0.6 is 0 Å². The molecule has 0 spiro atoms. The second-order valence-corrected chi connectivity index (χ2v) is 8.51. The van der Waals surface area contributed by atoms with Gasteiger partial charge in [-0.1, -0.05) is 24.3 Å². The lowest BCUT2D eigenvalue weighted by Crippen LogP contribution is -2.31. The van der Waals surface area contributed by atoms with Crippen LogP contribution < -0.4 is 10.2 Å². The molecule has 4 rings (SSSR count). The molecule has 1 amide bonds. The van der Waals surface area contributed by atoms with E-state index in [-0.39, 0.29) is 36.6 Å². The molecule has 2 N–H and O–H groups in total. The minimum atomic E-state index is -4.96. The first kappa shape index (κ1) is 26.0. The minimum absolute atomic E-state index is 0.00122. The predicted octanol–water partition coefficient (Wildman–Crippen LogP) is 5.13. The highest BCUT2D eigenvalue weighted by Crippen LogP contribution is 2.39. The van der Waals surface area contributed by atoms with Crippen molar-refractivity contribution in [2.45, 2.75) is 38.4 Å². The van der Waals surface area contributed by atoms with E-state index < -0.39 is 47.1 Å². The molecule has 13 heteroatoms. The number of carboxylic acid groups (broad SMARTS) is 1. The van der Waals surface area contributed by atoms with Gasteiger partial charge in [-0.3, -0.25) is 4.79 Å². The van der Waals surface area contributed by atoms with Crippen molar-refractivity contribution in [3.05, 3.63) is 82.0 Å². The van der Waals surface area contributed by atoms with Gasteiger partial charge < -0.3 is 15.3 Å². The fraction of sp³-hybridized carbons (Fsp3) is 0.292. The van der Waals surface area contributed by atoms with Crippen molar-refractivity contribution in [1.29, 1.82) is 0 Å². The summed E-state index contributed by atoms with van der Waals surface area (Å²) in [5, 5.41) is 15.1. The number of aromatic nitrogens is 2. The van der Waals surface area contributed by atoms with Crippen LogP contribution in [0.4, 0.5) is 32.2 Å². The average Bonchev–Trinajstić information content (AvgIpc) is 3.39. The molecule has 1 unspecified atom stereocenters. The maximum absolute atomic E-state index is 13.8. The quantitative estimate of drug-likeness (QED) is 0.435. The standard InChI is InChI=1S/C24H20F6N4O3/c1-13(15-5-7-16(8-6-15)22(36)37)31-20(35)18-19(24(28,29)30)32-34-10-9-33(21(18)34)12-14-3-2-4-17(11-14)23(25,26)27/h2-8,11,13H,9-10,12H2,1H3,(H,31,35)(H,36,37). The summed E-state index contributed by atoms with van der Waals surface area (Å²) in [6.45, 7) is 1.50. The van der Waals surface area contributed by atoms with Crippen molar-refractivity contribution in [2.75, 3.05) is 11.4 Å². The van der Waals surface area contributed by atoms with Crippen LogP contribution in [0.15, 0.2) is 48.5 Å². The first-order valence-corrected chi connectivity index (χ1v) is 11.0. The van der Waals surface area contributed by atoms with Gasteiger partial charge in [0, 0.05) is 13.1 Å². The van der Waals surface area contributed by atoms with Crippen molar-refractivity contribution >= 4 is 17.7 Å². The fourth-order valence-electron chi connectivity index (χ4n) is 4.15. The van der Waals surface area contributed by atoms with Crippen LogP contribution in [0.5, 0.6) is 0 Å². The molecule has 1 atom stereocenters. The van der Waals surface area contributed by atoms with Crippen molar-refractivity contribution in [1.82, 2.24) is 15.1 Å². The predicted molar refractivity (Wildman–Crippen MR) is 119 cm³/mol. The van der Waals surface area contributed by atoms with Crippen molar-refractivity contribution in [3.8, 4) is 0 Å². The number of carbonyl (C=O) groups is 2. The van der Waals surface area contributed by atoms with Crippen LogP contribution in [0.1, 0.15) is 56.1 Å². The molecule has 0 saturated carbocycles. The van der Waals surface area contributed by atoms with Crippen LogP contribution in [-0.4, -0.2) is 33.3 Å². The van der Waals surface area contributed by atoms with Crippen molar-refractivity contribution in [3.63, 3.8) is 0 Å². The van der Waals surface area contributed by atoms with E-state index in [4.69, 9.17) is 5.11 Å². The Hall–Kier alpha value is -4.03. The third kappa shape index (κ3) is 5.39. The van der Waals surface area contributed by atoms with Gasteiger partial charge in [0.05, 0.1) is 23.7 Å². The summed E-state index contributed by atoms with van der Waals surface area (Å²) < 4.78 is 81.8. The van der Waals surface area contributed by atoms with Gasteiger partial charge >= 0.3 is 18.3 Å². The zero-order valence-electron chi connectivity index (χ0n) is 19.2. The van der Waals surface area contributed by atoms with E-state index in [9.17, 15) is 35.9 Å². The highest BCUT2D eigenvalue weighted by Gasteiger charge is 2.44. The largest absolute Gasteiger partial charge is 0.478 e. The number of halogens is 6. The van der Waals surface area contributed by atoms with Gasteiger partial charge in [0.2, 0.25) is 0 Å². The van der Waals surface area contributed by atoms with E-state index >= 15 is 0 Å². The molecule has 0 radical (unpaired) electrons. The third-order valence-electron chi connectivity index (χ3n) is 5.94. The number of benzene rings is 2. The number of aromatic carboxylic acids is 1. The Bertz CT molecular complexity index is 1330. The number of hydrogen-bond acceptors (Lipinski definition) is 4. The molecule has 7 nitrogen and oxygen atoms in total. The number of amides is 1. The summed E-state index contributed by atoms with van der Waals surface area (Å²) in [6.07, 6.45) is -9.55. The molecule has 0 fully saturated rings. The van der Waals surface area contributed by atoms with Crippen molar-refractivity contribution in [2.24, 2.45) is 0 Å². The molecule has 37 heavy (non-hydrogen) atoms. The molecule has 0 aliphatic carbocycles. The lowest BCUT2D eigenvalue weighted by atomic mass is 10.1. The zero-order chi connectivity index (χ0) is 27.1. The molecule has 1 aliphatic rings. The van der Waals surface area contributed by atoms with Gasteiger partial charge in [0.15, 0.2) is 5.69 Å². The number of anilines is 1. The minimum Gasteiger partial charge on any atom is -0.478 e. The number of fused-ring (bicyclic) bond motifs is 1. The van der Waals surface area contributed by atoms with Crippen LogP contribution in [0.25, 0.3) is 0 Å². The van der Waals surface area contributed by atoms with Gasteiger partial charge in [-0.05, 0) is 42.3 Å². The smallest absolute Gasteiger partial charge is 0.436 e. The SMILES string of the molecule is CC(NC(=O)c1c(C(F)(F)F)nn2c1N(Cc1cccc(C(F)(F)F)c1)CC2)c1ccc(C(=O)O)cc1. The van der Waals surface area contributed by atoms with Crippen LogP contribution in [0, 0.1) is 0 Å². The number of carbonyl (C=O) groups excluding carboxylic acids is 1. The molecular formula is C24H20F6N4O3. The Morgan fingerprint density at radius 2 is 1.70 bits per heavy atom. The number of nitrogens with zero attached hydrogens (tertiary/aromatic N) is 3. The monoisotopic (exact) mass is 526 g/mol. The second kappa shape index (κ2) is 9.45. The Labute approximate surface area is 206 Å². The maximum Gasteiger partial charge on any atom is 0.436 e. The Balaban J connectivity index is 1.65. The first-order valence-electron chi connectivity index (χ1n) is 11.0. The molecule has 2 heterocycles. The molecule has 2 aromatic carbocycles. The summed E-state index contributed by atoms with van der Waals surface area (Å²) in [6, 6.07) is 9.10. The zero-order valence-corrected chi connectivity index (χ0v) is 19.2. The van der Waals surface area contributed by atoms with Gasteiger partial charge in [0.25, 0.3) is 5.91 Å². The van der Waals surface area contributed by atoms with Crippen LogP contribution in [0.2, 0.25) is 0 Å². The summed E-state index contributed by atoms with van der Waals surface area (Å²) >= 11 is 0. The van der Waals surface area contributed by atoms with E-state index in [1.807, 2.05) is 0 Å². The number of nitrogens with one attached hydrogen (secondary N) is 1. The summed E-state index contributed by atoms with van der Waals surface area (Å²) in [4.78, 5) is 25.6. The van der Waals surface area contributed by atoms with E-state index in [0.717, 1.165) is 16.8 Å². The van der Waals surface area contributed by atoms with Gasteiger partial charge in [-0.15, -0.1) is 0 Å². The third-order valence-corrected chi connectivity index (χ3v) is 5.94. The Kier molecular flexibility index (Phi) is 6.65. The van der Waals surface area contributed by atoms with Gasteiger partial charge in [-0.2, -0.15) is 31.4 Å². The lowest BCUT2D eigenvalue weighted by Gasteiger charge is -2.21. The van der Waals surface area contributed by atoms with Gasteiger partial charge in [0.1, 0.15) is 11.4 Å². The van der Waals surface area contributed by atoms with Crippen LogP contribution in [0.3, 0.4) is 0 Å². The summed E-state index contributed by atoms with van der Waals surface area (Å²) in [5.74, 6) is -2.37. The number of carboxylic acids is 1. The topological polar surface area (TPSA) is 87.5 Å². The van der Waals surface area contributed by atoms with Crippen molar-refractivity contribution < 1.29 is 41.0 Å². The average molecular weight is 526 g/mol. The molecule has 0 saturated heterocycles. The molecule has 196 valence electrons. The summed E-state index contributed by atoms with van der Waals surface area (Å²) in [5.41, 5.74) is -2.36. The number of alkyl halides is 6. The summed E-state index contributed by atoms with van der Waals surface area (Å²) in [7, 11) is 0. The highest BCUT2D eigenvalue weighted by atomic mass is 19.4. The molecule has 3 aromatic rings. The molecule has 1 aliphatic heterocycles. The lowest BCUT2D eigenvalue weighted by molar-refractivity contribution is -0.142. The molecule has 0 bridgehead atoms. The Morgan fingerprint density at radius 1 is 1.03 bits per heavy atom. The van der Waals surface area contributed by atoms with E-state index in [0.29, 0.717) is 5.56 Å². The fourth-order valence-corrected chi connectivity index (χ4v) is 4.15. The van der Waals surface area contributed by atoms with E-state index in [1.54, 1.807) is 0 Å². The van der Waals surface area contributed by atoms with E-state index in [2.05, 4.69) is 10.4 Å². The molecular weight excluding hydrogens is 506 g/mol. The van der Waals surface area contributed by atoms with Gasteiger partial charge in [-0.25, -0.2) is 9.48 Å². The van der Waals surface area contributed by atoms with Crippen LogP contribution in [-0.2, 0) is 25.4 Å². The number of hydrogen-bond donors (Lipinski definition) is 2. The second-order valence-electron chi connectivity index (χ2n) is 8.51.